The molecule has 6 aromatic rings. The minimum Gasteiger partial charge on any atom is -0.354 e. The van der Waals surface area contributed by atoms with Crippen LogP contribution < -0.4 is 4.90 Å². The van der Waals surface area contributed by atoms with Crippen molar-refractivity contribution in [3.05, 3.63) is 103 Å². The Bertz CT molecular complexity index is 1940. The van der Waals surface area contributed by atoms with Gasteiger partial charge in [-0.1, -0.05) is 60.7 Å². The van der Waals surface area contributed by atoms with Crippen molar-refractivity contribution in [1.82, 2.24) is 44.9 Å². The molecule has 1 N–H and O–H groups in total. The maximum absolute atomic E-state index is 5.16. The maximum atomic E-state index is 5.16. The van der Waals surface area contributed by atoms with Crippen LogP contribution in [0.15, 0.2) is 91.1 Å². The molecule has 4 aromatic heterocycles. The van der Waals surface area contributed by atoms with Gasteiger partial charge in [0.1, 0.15) is 22.9 Å². The average Bonchev–Trinajstić information content (AvgIpc) is 3.63. The van der Waals surface area contributed by atoms with Gasteiger partial charge in [0.15, 0.2) is 11.5 Å². The van der Waals surface area contributed by atoms with Crippen LogP contribution in [0.4, 0.5) is 5.82 Å². The van der Waals surface area contributed by atoms with Crippen LogP contribution in [0.3, 0.4) is 0 Å². The number of aromatic nitrogens is 7. The second kappa shape index (κ2) is 13.0. The van der Waals surface area contributed by atoms with Gasteiger partial charge in [-0.25, -0.2) is 19.9 Å². The molecule has 0 unspecified atom stereocenters. The number of likely N-dealkylation sites (tertiary alicyclic amines) is 1. The third kappa shape index (κ3) is 6.34. The number of anilines is 1. The van der Waals surface area contributed by atoms with Gasteiger partial charge < -0.3 is 9.80 Å². The van der Waals surface area contributed by atoms with Crippen molar-refractivity contribution < 1.29 is 0 Å². The van der Waals surface area contributed by atoms with Gasteiger partial charge >= 0.3 is 0 Å². The Hall–Kier alpha value is -5.06. The van der Waals surface area contributed by atoms with Gasteiger partial charge in [-0.05, 0) is 62.8 Å². The Morgan fingerprint density at radius 3 is 2.21 bits per heavy atom. The van der Waals surface area contributed by atoms with Crippen LogP contribution in [0.5, 0.6) is 0 Å². The van der Waals surface area contributed by atoms with E-state index in [1.807, 2.05) is 36.4 Å². The first kappa shape index (κ1) is 29.3. The molecule has 0 amide bonds. The lowest BCUT2D eigenvalue weighted by Gasteiger charge is -2.33. The lowest BCUT2D eigenvalue weighted by Crippen LogP contribution is -2.44. The lowest BCUT2D eigenvalue weighted by atomic mass is 9.95. The van der Waals surface area contributed by atoms with Crippen LogP contribution in [0, 0.1) is 0 Å². The number of pyridine rings is 2. The molecule has 2 aromatic carbocycles. The fourth-order valence-corrected chi connectivity index (χ4v) is 6.60. The molecular weight excluding hydrogens is 584 g/mol. The highest BCUT2D eigenvalue weighted by Crippen LogP contribution is 2.32. The third-order valence-electron chi connectivity index (χ3n) is 9.39. The SMILES string of the molecule is CN1CCN(c2ccc3nc(-c4ccccc4)c(-c4ccc(CN5CCC(c6nc(-c7ccccn7)n[nH]6)CC5)cc4)nc3n2)CC1. The summed E-state index contributed by atoms with van der Waals surface area (Å²) in [5.74, 6) is 2.98. The summed E-state index contributed by atoms with van der Waals surface area (Å²) >= 11 is 0. The standard InChI is InChI=1S/C37H38N10/c1-45-21-23-47(24-22-45)32-15-14-31-36(40-32)41-34(33(39-31)27-7-3-2-4-8-27)28-12-10-26(11-13-28)25-46-19-16-29(17-20-46)35-42-37(44-43-35)30-9-5-6-18-38-30/h2-15,18,29H,16-17,19-25H2,1H3,(H,42,43,44). The maximum Gasteiger partial charge on any atom is 0.199 e. The van der Waals surface area contributed by atoms with Crippen molar-refractivity contribution in [2.75, 3.05) is 51.2 Å². The molecule has 10 heteroatoms. The number of rotatable bonds is 7. The first-order valence-electron chi connectivity index (χ1n) is 16.5. The van der Waals surface area contributed by atoms with Crippen LogP contribution >= 0.6 is 0 Å². The molecule has 8 rings (SSSR count). The van der Waals surface area contributed by atoms with Crippen LogP contribution in [-0.4, -0.2) is 91.2 Å². The topological polar surface area (TPSA) is 103 Å². The number of nitrogens with one attached hydrogen (secondary N) is 1. The van der Waals surface area contributed by atoms with Crippen molar-refractivity contribution in [3.8, 4) is 34.0 Å². The Kier molecular flexibility index (Phi) is 8.10. The van der Waals surface area contributed by atoms with Crippen molar-refractivity contribution in [1.29, 1.82) is 0 Å². The number of nitrogens with zero attached hydrogens (tertiary/aromatic N) is 9. The van der Waals surface area contributed by atoms with E-state index < -0.39 is 0 Å². The molecule has 2 aliphatic rings. The highest BCUT2D eigenvalue weighted by atomic mass is 15.3. The molecule has 10 nitrogen and oxygen atoms in total. The third-order valence-corrected chi connectivity index (χ3v) is 9.39. The molecule has 2 aliphatic heterocycles. The second-order valence-electron chi connectivity index (χ2n) is 12.6. The fraction of sp³-hybridized carbons (Fsp3) is 0.297. The Morgan fingerprint density at radius 1 is 0.702 bits per heavy atom. The van der Waals surface area contributed by atoms with E-state index in [0.717, 1.165) is 104 Å². The van der Waals surface area contributed by atoms with Crippen molar-refractivity contribution >= 4 is 17.0 Å². The smallest absolute Gasteiger partial charge is 0.199 e. The van der Waals surface area contributed by atoms with E-state index in [1.54, 1.807) is 6.20 Å². The summed E-state index contributed by atoms with van der Waals surface area (Å²) < 4.78 is 0. The lowest BCUT2D eigenvalue weighted by molar-refractivity contribution is 0.202. The minimum atomic E-state index is 0.381. The van der Waals surface area contributed by atoms with Gasteiger partial charge in [-0.15, -0.1) is 0 Å². The molecule has 47 heavy (non-hydrogen) atoms. The number of H-pyrrole nitrogens is 1. The first-order valence-corrected chi connectivity index (χ1v) is 16.5. The van der Waals surface area contributed by atoms with E-state index >= 15 is 0 Å². The van der Waals surface area contributed by atoms with Crippen molar-refractivity contribution in [2.24, 2.45) is 0 Å². The second-order valence-corrected chi connectivity index (χ2v) is 12.6. The van der Waals surface area contributed by atoms with Gasteiger partial charge in [0.05, 0.1) is 11.4 Å². The quantitative estimate of drug-likeness (QED) is 0.241. The molecule has 2 saturated heterocycles. The molecule has 0 aliphatic carbocycles. The highest BCUT2D eigenvalue weighted by Gasteiger charge is 2.24. The molecule has 236 valence electrons. The largest absolute Gasteiger partial charge is 0.354 e. The first-order chi connectivity index (χ1) is 23.2. The molecule has 0 radical (unpaired) electrons. The number of piperazine rings is 1. The summed E-state index contributed by atoms with van der Waals surface area (Å²) in [6.07, 6.45) is 3.87. The Labute approximate surface area is 274 Å². The van der Waals surface area contributed by atoms with Crippen LogP contribution in [0.25, 0.3) is 45.2 Å². The summed E-state index contributed by atoms with van der Waals surface area (Å²) in [5.41, 5.74) is 7.40. The van der Waals surface area contributed by atoms with Gasteiger partial charge in [-0.3, -0.25) is 15.0 Å². The summed E-state index contributed by atoms with van der Waals surface area (Å²) in [5, 5.41) is 7.59. The molecule has 0 bridgehead atoms. The summed E-state index contributed by atoms with van der Waals surface area (Å²) in [6, 6.07) is 29.1. The molecule has 0 atom stereocenters. The monoisotopic (exact) mass is 622 g/mol. The Balaban J connectivity index is 0.991. The van der Waals surface area contributed by atoms with Crippen LogP contribution in [0.1, 0.15) is 30.1 Å². The fourth-order valence-electron chi connectivity index (χ4n) is 6.60. The zero-order valence-electron chi connectivity index (χ0n) is 26.6. The van der Waals surface area contributed by atoms with Gasteiger partial charge in [0.2, 0.25) is 0 Å². The highest BCUT2D eigenvalue weighted by molar-refractivity contribution is 5.85. The summed E-state index contributed by atoms with van der Waals surface area (Å²) in [6.45, 7) is 6.93. The number of benzene rings is 2. The average molecular weight is 623 g/mol. The van der Waals surface area contributed by atoms with E-state index in [-0.39, 0.29) is 0 Å². The number of aromatic amines is 1. The van der Waals surface area contributed by atoms with Gasteiger partial charge in [-0.2, -0.15) is 5.10 Å². The zero-order valence-corrected chi connectivity index (χ0v) is 26.6. The molecule has 2 fully saturated rings. The predicted octanol–water partition coefficient (Wildman–Crippen LogP) is 5.67. The van der Waals surface area contributed by atoms with Gasteiger partial charge in [0.25, 0.3) is 0 Å². The minimum absolute atomic E-state index is 0.381. The number of hydrogen-bond donors (Lipinski definition) is 1. The van der Waals surface area contributed by atoms with Crippen molar-refractivity contribution in [2.45, 2.75) is 25.3 Å². The molecule has 0 spiro atoms. The molecule has 6 heterocycles. The van der Waals surface area contributed by atoms with Crippen LogP contribution in [-0.2, 0) is 6.54 Å². The van der Waals surface area contributed by atoms with Gasteiger partial charge in [0, 0.05) is 56.0 Å². The summed E-state index contributed by atoms with van der Waals surface area (Å²) in [4.78, 5) is 31.6. The van der Waals surface area contributed by atoms with E-state index in [1.165, 1.54) is 5.56 Å². The predicted molar refractivity (Wildman–Crippen MR) is 185 cm³/mol. The molecule has 0 saturated carbocycles. The van der Waals surface area contributed by atoms with E-state index in [4.69, 9.17) is 19.9 Å². The van der Waals surface area contributed by atoms with Crippen molar-refractivity contribution in [3.63, 3.8) is 0 Å². The zero-order chi connectivity index (χ0) is 31.6. The number of piperidine rings is 1. The van der Waals surface area contributed by atoms with E-state index in [0.29, 0.717) is 17.4 Å². The molecular formula is C37H38N10. The number of fused-ring (bicyclic) bond motifs is 1. The summed E-state index contributed by atoms with van der Waals surface area (Å²) in [7, 11) is 2.17. The Morgan fingerprint density at radius 2 is 1.45 bits per heavy atom. The van der Waals surface area contributed by atoms with E-state index in [2.05, 4.69) is 85.5 Å². The number of hydrogen-bond acceptors (Lipinski definition) is 9. The number of likely N-dealkylation sites (N-methyl/N-ethyl adjacent to an activating group) is 1. The van der Waals surface area contributed by atoms with Crippen LogP contribution in [0.2, 0.25) is 0 Å². The van der Waals surface area contributed by atoms with E-state index in [9.17, 15) is 0 Å². The normalized spacial score (nSPS) is 16.6.